The van der Waals surface area contributed by atoms with E-state index in [0.29, 0.717) is 17.1 Å². The van der Waals surface area contributed by atoms with Gasteiger partial charge < -0.3 is 20.5 Å². The quantitative estimate of drug-likeness (QED) is 0.849. The normalized spacial score (nSPS) is 10.0. The highest BCUT2D eigenvalue weighted by Crippen LogP contribution is 2.25. The minimum atomic E-state index is -0.598. The van der Waals surface area contributed by atoms with E-state index in [1.165, 1.54) is 26.4 Å². The molecule has 0 fully saturated rings. The number of carbonyl (C=O) groups is 1. The van der Waals surface area contributed by atoms with Crippen LogP contribution in [0.25, 0.3) is 0 Å². The zero-order valence-electron chi connectivity index (χ0n) is 11.6. The molecule has 21 heavy (non-hydrogen) atoms. The first-order valence-corrected chi connectivity index (χ1v) is 6.13. The molecular formula is C15H15FN2O3. The highest BCUT2D eigenvalue weighted by atomic mass is 19.1. The van der Waals surface area contributed by atoms with Crippen LogP contribution in [-0.2, 0) is 0 Å². The van der Waals surface area contributed by atoms with E-state index in [1.54, 1.807) is 18.2 Å². The molecule has 0 heterocycles. The van der Waals surface area contributed by atoms with E-state index < -0.39 is 11.7 Å². The smallest absolute Gasteiger partial charge is 0.255 e. The molecule has 0 radical (unpaired) electrons. The first-order chi connectivity index (χ1) is 10.0. The Morgan fingerprint density at radius 3 is 2.33 bits per heavy atom. The molecule has 110 valence electrons. The number of nitrogens with one attached hydrogen (secondary N) is 1. The first-order valence-electron chi connectivity index (χ1n) is 6.13. The molecule has 1 amide bonds. The average Bonchev–Trinajstić information content (AvgIpc) is 2.47. The second-order valence-corrected chi connectivity index (χ2v) is 4.26. The number of halogens is 1. The van der Waals surface area contributed by atoms with Crippen LogP contribution in [0.3, 0.4) is 0 Å². The summed E-state index contributed by atoms with van der Waals surface area (Å²) in [6.45, 7) is 0. The molecule has 0 saturated carbocycles. The van der Waals surface area contributed by atoms with Gasteiger partial charge in [-0.05, 0) is 36.4 Å². The second-order valence-electron chi connectivity index (χ2n) is 4.26. The average molecular weight is 290 g/mol. The Balaban J connectivity index is 2.18. The van der Waals surface area contributed by atoms with E-state index >= 15 is 0 Å². The Hall–Kier alpha value is -2.76. The number of hydrogen-bond acceptors (Lipinski definition) is 4. The predicted octanol–water partition coefficient (Wildman–Crippen LogP) is 2.68. The molecule has 0 aliphatic heterocycles. The summed E-state index contributed by atoms with van der Waals surface area (Å²) in [5.41, 5.74) is 6.83. The lowest BCUT2D eigenvalue weighted by molar-refractivity contribution is 0.102. The molecule has 5 nitrogen and oxygen atoms in total. The molecule has 6 heteroatoms. The minimum absolute atomic E-state index is 0.0836. The van der Waals surface area contributed by atoms with Gasteiger partial charge in [0.2, 0.25) is 0 Å². The molecule has 0 atom stereocenters. The second kappa shape index (κ2) is 6.13. The maximum atomic E-state index is 13.6. The monoisotopic (exact) mass is 290 g/mol. The van der Waals surface area contributed by atoms with Crippen molar-refractivity contribution in [2.75, 3.05) is 25.3 Å². The minimum Gasteiger partial charge on any atom is -0.495 e. The lowest BCUT2D eigenvalue weighted by Crippen LogP contribution is -2.12. The summed E-state index contributed by atoms with van der Waals surface area (Å²) in [6.07, 6.45) is 0. The van der Waals surface area contributed by atoms with E-state index in [-0.39, 0.29) is 11.3 Å². The van der Waals surface area contributed by atoms with Gasteiger partial charge in [0.15, 0.2) is 11.6 Å². The van der Waals surface area contributed by atoms with Gasteiger partial charge in [-0.25, -0.2) is 4.39 Å². The van der Waals surface area contributed by atoms with Crippen molar-refractivity contribution < 1.29 is 18.7 Å². The van der Waals surface area contributed by atoms with Crippen LogP contribution < -0.4 is 20.5 Å². The first kappa shape index (κ1) is 14.6. The summed E-state index contributed by atoms with van der Waals surface area (Å²) in [5, 5.41) is 2.63. The number of nitrogen functional groups attached to an aromatic ring is 1. The van der Waals surface area contributed by atoms with Gasteiger partial charge in [0.25, 0.3) is 5.91 Å². The lowest BCUT2D eigenvalue weighted by atomic mass is 10.2. The SMILES string of the molecule is COc1ccc(NC(=O)c2ccc(OC)c(F)c2)cc1N. The van der Waals surface area contributed by atoms with E-state index in [4.69, 9.17) is 15.2 Å². The van der Waals surface area contributed by atoms with Crippen molar-refractivity contribution in [1.29, 1.82) is 0 Å². The number of benzene rings is 2. The summed E-state index contributed by atoms with van der Waals surface area (Å²) in [7, 11) is 2.86. The van der Waals surface area contributed by atoms with Crippen molar-refractivity contribution in [2.45, 2.75) is 0 Å². The van der Waals surface area contributed by atoms with Crippen molar-refractivity contribution in [3.8, 4) is 11.5 Å². The van der Waals surface area contributed by atoms with E-state index in [1.807, 2.05) is 0 Å². The van der Waals surface area contributed by atoms with Crippen LogP contribution in [0, 0.1) is 5.82 Å². The fourth-order valence-corrected chi connectivity index (χ4v) is 1.82. The largest absolute Gasteiger partial charge is 0.495 e. The lowest BCUT2D eigenvalue weighted by Gasteiger charge is -2.09. The molecule has 2 rings (SSSR count). The molecule has 0 bridgehead atoms. The molecule has 0 aromatic heterocycles. The zero-order chi connectivity index (χ0) is 15.4. The molecule has 2 aromatic rings. The van der Waals surface area contributed by atoms with Gasteiger partial charge in [-0.3, -0.25) is 4.79 Å². The third-order valence-electron chi connectivity index (χ3n) is 2.90. The fourth-order valence-electron chi connectivity index (χ4n) is 1.82. The van der Waals surface area contributed by atoms with Crippen LogP contribution in [-0.4, -0.2) is 20.1 Å². The summed E-state index contributed by atoms with van der Waals surface area (Å²) in [5.74, 6) is -0.441. The van der Waals surface area contributed by atoms with E-state index in [2.05, 4.69) is 5.32 Å². The molecule has 0 aliphatic carbocycles. The number of carbonyl (C=O) groups excluding carboxylic acids is 1. The highest BCUT2D eigenvalue weighted by Gasteiger charge is 2.11. The molecule has 0 spiro atoms. The number of hydrogen-bond donors (Lipinski definition) is 2. The topological polar surface area (TPSA) is 73.6 Å². The number of anilines is 2. The Morgan fingerprint density at radius 2 is 1.76 bits per heavy atom. The van der Waals surface area contributed by atoms with Crippen LogP contribution >= 0.6 is 0 Å². The Bertz CT molecular complexity index is 674. The van der Waals surface area contributed by atoms with Crippen molar-refractivity contribution in [3.05, 3.63) is 47.8 Å². The maximum Gasteiger partial charge on any atom is 0.255 e. The van der Waals surface area contributed by atoms with Gasteiger partial charge in [-0.2, -0.15) is 0 Å². The predicted molar refractivity (Wildman–Crippen MR) is 78.3 cm³/mol. The van der Waals surface area contributed by atoms with Gasteiger partial charge in [0, 0.05) is 11.3 Å². The summed E-state index contributed by atoms with van der Waals surface area (Å²) >= 11 is 0. The van der Waals surface area contributed by atoms with Gasteiger partial charge in [0.1, 0.15) is 5.75 Å². The third-order valence-corrected chi connectivity index (χ3v) is 2.90. The number of rotatable bonds is 4. The molecule has 0 saturated heterocycles. The maximum absolute atomic E-state index is 13.6. The van der Waals surface area contributed by atoms with Gasteiger partial charge in [0.05, 0.1) is 19.9 Å². The van der Waals surface area contributed by atoms with Crippen LogP contribution in [0.5, 0.6) is 11.5 Å². The standard InChI is InChI=1S/C15H15FN2O3/c1-20-13-5-3-9(7-11(13)16)15(19)18-10-4-6-14(21-2)12(17)8-10/h3-8H,17H2,1-2H3,(H,18,19). The molecule has 3 N–H and O–H groups in total. The zero-order valence-corrected chi connectivity index (χ0v) is 11.6. The van der Waals surface area contributed by atoms with Crippen molar-refractivity contribution in [3.63, 3.8) is 0 Å². The molecular weight excluding hydrogens is 275 g/mol. The summed E-state index contributed by atoms with van der Waals surface area (Å²) in [4.78, 5) is 12.0. The van der Waals surface area contributed by atoms with Crippen LogP contribution in [0.15, 0.2) is 36.4 Å². The number of methoxy groups -OCH3 is 2. The van der Waals surface area contributed by atoms with Crippen molar-refractivity contribution >= 4 is 17.3 Å². The van der Waals surface area contributed by atoms with Crippen LogP contribution in [0.4, 0.5) is 15.8 Å². The van der Waals surface area contributed by atoms with E-state index in [9.17, 15) is 9.18 Å². The Morgan fingerprint density at radius 1 is 1.10 bits per heavy atom. The molecule has 0 unspecified atom stereocenters. The highest BCUT2D eigenvalue weighted by molar-refractivity contribution is 6.04. The summed E-state index contributed by atoms with van der Waals surface area (Å²) < 4.78 is 23.4. The van der Waals surface area contributed by atoms with Gasteiger partial charge in [-0.1, -0.05) is 0 Å². The van der Waals surface area contributed by atoms with Crippen molar-refractivity contribution in [1.82, 2.24) is 0 Å². The Labute approximate surface area is 121 Å². The molecule has 0 aliphatic rings. The number of nitrogens with two attached hydrogens (primary N) is 1. The fraction of sp³-hybridized carbons (Fsp3) is 0.133. The Kier molecular flexibility index (Phi) is 4.27. The van der Waals surface area contributed by atoms with E-state index in [0.717, 1.165) is 6.07 Å². The van der Waals surface area contributed by atoms with Gasteiger partial charge in [-0.15, -0.1) is 0 Å². The number of amides is 1. The van der Waals surface area contributed by atoms with Crippen LogP contribution in [0.1, 0.15) is 10.4 Å². The summed E-state index contributed by atoms with van der Waals surface area (Å²) in [6, 6.07) is 8.83. The van der Waals surface area contributed by atoms with Gasteiger partial charge >= 0.3 is 0 Å². The molecule has 2 aromatic carbocycles. The number of ether oxygens (including phenoxy) is 2. The third kappa shape index (κ3) is 3.22. The van der Waals surface area contributed by atoms with Crippen molar-refractivity contribution in [2.24, 2.45) is 0 Å². The van der Waals surface area contributed by atoms with Crippen LogP contribution in [0.2, 0.25) is 0 Å².